The third-order valence-electron chi connectivity index (χ3n) is 3.13. The number of hydrogen-bond donors (Lipinski definition) is 0. The predicted octanol–water partition coefficient (Wildman–Crippen LogP) is 4.22. The van der Waals surface area contributed by atoms with E-state index in [0.717, 1.165) is 25.8 Å². The fourth-order valence-corrected chi connectivity index (χ4v) is 3.15. The summed E-state index contributed by atoms with van der Waals surface area (Å²) in [5.41, 5.74) is 2.49. The number of benzene rings is 2. The highest BCUT2D eigenvalue weighted by atomic mass is 127. The summed E-state index contributed by atoms with van der Waals surface area (Å²) in [4.78, 5) is 12.7. The summed E-state index contributed by atoms with van der Waals surface area (Å²) in [5.74, 6) is 0.771. The molecule has 0 saturated carbocycles. The second-order valence-electron chi connectivity index (χ2n) is 4.35. The Balaban J connectivity index is 2.10. The molecule has 0 aromatic heterocycles. The van der Waals surface area contributed by atoms with Crippen molar-refractivity contribution in [2.45, 2.75) is 6.42 Å². The van der Waals surface area contributed by atoms with Crippen molar-refractivity contribution in [2.75, 3.05) is 6.61 Å². The van der Waals surface area contributed by atoms with E-state index in [1.54, 1.807) is 0 Å². The highest BCUT2D eigenvalue weighted by Gasteiger charge is 2.22. The topological polar surface area (TPSA) is 26.3 Å². The summed E-state index contributed by atoms with van der Waals surface area (Å²) in [7, 11) is 0. The molecule has 19 heavy (non-hydrogen) atoms. The number of ether oxygens (including phenoxy) is 1. The minimum absolute atomic E-state index is 0.0180. The van der Waals surface area contributed by atoms with Crippen molar-refractivity contribution in [1.29, 1.82) is 0 Å². The minimum Gasteiger partial charge on any atom is -0.492 e. The largest absolute Gasteiger partial charge is 0.492 e. The molecule has 0 N–H and O–H groups in total. The van der Waals surface area contributed by atoms with E-state index in [1.807, 2.05) is 36.4 Å². The predicted molar refractivity (Wildman–Crippen MR) is 85.9 cm³/mol. The fourth-order valence-electron chi connectivity index (χ4n) is 2.21. The third-order valence-corrected chi connectivity index (χ3v) is 4.57. The van der Waals surface area contributed by atoms with Crippen LogP contribution in [0.15, 0.2) is 40.9 Å². The maximum absolute atomic E-state index is 12.7. The number of rotatable bonds is 2. The maximum atomic E-state index is 12.7. The van der Waals surface area contributed by atoms with Crippen molar-refractivity contribution in [3.8, 4) is 5.75 Å². The van der Waals surface area contributed by atoms with Crippen molar-refractivity contribution in [3.63, 3.8) is 0 Å². The Kier molecular flexibility index (Phi) is 3.62. The Morgan fingerprint density at radius 2 is 2.05 bits per heavy atom. The van der Waals surface area contributed by atoms with Crippen LogP contribution in [0, 0.1) is 3.57 Å². The lowest BCUT2D eigenvalue weighted by molar-refractivity contribution is 0.103. The molecule has 3 rings (SSSR count). The molecule has 1 aliphatic heterocycles. The average Bonchev–Trinajstić information content (AvgIpc) is 2.89. The third kappa shape index (κ3) is 2.43. The molecule has 0 amide bonds. The van der Waals surface area contributed by atoms with Crippen LogP contribution in [0.2, 0.25) is 0 Å². The molecule has 0 atom stereocenters. The van der Waals surface area contributed by atoms with Gasteiger partial charge in [-0.25, -0.2) is 0 Å². The van der Waals surface area contributed by atoms with Crippen molar-refractivity contribution in [2.24, 2.45) is 0 Å². The van der Waals surface area contributed by atoms with Gasteiger partial charge in [0, 0.05) is 20.0 Å². The molecule has 0 unspecified atom stereocenters. The molecule has 0 fully saturated rings. The van der Waals surface area contributed by atoms with Gasteiger partial charge in [-0.3, -0.25) is 4.79 Å². The molecule has 0 spiro atoms. The van der Waals surface area contributed by atoms with Gasteiger partial charge in [0.25, 0.3) is 0 Å². The Morgan fingerprint density at radius 3 is 2.89 bits per heavy atom. The van der Waals surface area contributed by atoms with Crippen LogP contribution in [0.4, 0.5) is 0 Å². The maximum Gasteiger partial charge on any atom is 0.197 e. The molecule has 2 aromatic rings. The Bertz CT molecular complexity index is 667. The molecule has 96 valence electrons. The van der Waals surface area contributed by atoms with Gasteiger partial charge in [-0.2, -0.15) is 0 Å². The van der Waals surface area contributed by atoms with Gasteiger partial charge in [-0.1, -0.05) is 28.1 Å². The Labute approximate surface area is 133 Å². The molecule has 2 aromatic carbocycles. The molecule has 4 heteroatoms. The molecule has 0 radical (unpaired) electrons. The van der Waals surface area contributed by atoms with Crippen LogP contribution in [0.1, 0.15) is 21.5 Å². The fraction of sp³-hybridized carbons (Fsp3) is 0.133. The zero-order valence-electron chi connectivity index (χ0n) is 9.95. The van der Waals surface area contributed by atoms with E-state index in [-0.39, 0.29) is 5.78 Å². The van der Waals surface area contributed by atoms with E-state index in [0.29, 0.717) is 17.7 Å². The van der Waals surface area contributed by atoms with Crippen LogP contribution < -0.4 is 4.74 Å². The van der Waals surface area contributed by atoms with E-state index in [9.17, 15) is 4.79 Å². The zero-order valence-corrected chi connectivity index (χ0v) is 13.7. The quantitative estimate of drug-likeness (QED) is 0.528. The number of carbonyl (C=O) groups is 1. The molecule has 1 aliphatic rings. The van der Waals surface area contributed by atoms with Crippen molar-refractivity contribution in [1.82, 2.24) is 0 Å². The second-order valence-corrected chi connectivity index (χ2v) is 6.42. The van der Waals surface area contributed by atoms with E-state index < -0.39 is 0 Å². The van der Waals surface area contributed by atoms with Crippen LogP contribution in [0.25, 0.3) is 0 Å². The summed E-state index contributed by atoms with van der Waals surface area (Å²) in [6, 6.07) is 11.5. The number of para-hydroxylation sites is 1. The number of ketones is 1. The number of hydrogen-bond acceptors (Lipinski definition) is 2. The van der Waals surface area contributed by atoms with Gasteiger partial charge < -0.3 is 4.74 Å². The smallest absolute Gasteiger partial charge is 0.197 e. The molecular weight excluding hydrogens is 419 g/mol. The summed E-state index contributed by atoms with van der Waals surface area (Å²) < 4.78 is 7.46. The van der Waals surface area contributed by atoms with E-state index in [1.165, 1.54) is 0 Å². The minimum atomic E-state index is 0.0180. The van der Waals surface area contributed by atoms with Crippen LogP contribution in [0.3, 0.4) is 0 Å². The molecule has 0 aliphatic carbocycles. The highest BCUT2D eigenvalue weighted by molar-refractivity contribution is 14.1. The van der Waals surface area contributed by atoms with Crippen LogP contribution >= 0.6 is 38.5 Å². The van der Waals surface area contributed by atoms with Gasteiger partial charge in [0.15, 0.2) is 5.78 Å². The first kappa shape index (κ1) is 13.1. The SMILES string of the molecule is O=C(c1cc(Br)ccc1I)c1cccc2c1OCC2. The van der Waals surface area contributed by atoms with Gasteiger partial charge in [-0.15, -0.1) is 0 Å². The van der Waals surface area contributed by atoms with Gasteiger partial charge in [0.2, 0.25) is 0 Å². The normalized spacial score (nSPS) is 12.9. The number of halogens is 2. The van der Waals surface area contributed by atoms with Crippen molar-refractivity contribution in [3.05, 3.63) is 61.1 Å². The lowest BCUT2D eigenvalue weighted by Crippen LogP contribution is -2.05. The van der Waals surface area contributed by atoms with Crippen LogP contribution in [0.5, 0.6) is 5.75 Å². The highest BCUT2D eigenvalue weighted by Crippen LogP contribution is 2.32. The van der Waals surface area contributed by atoms with Crippen molar-refractivity contribution < 1.29 is 9.53 Å². The zero-order chi connectivity index (χ0) is 13.4. The first-order valence-electron chi connectivity index (χ1n) is 5.91. The van der Waals surface area contributed by atoms with E-state index >= 15 is 0 Å². The van der Waals surface area contributed by atoms with Gasteiger partial charge in [0.1, 0.15) is 5.75 Å². The summed E-state index contributed by atoms with van der Waals surface area (Å²) in [6.45, 7) is 0.662. The van der Waals surface area contributed by atoms with Gasteiger partial charge in [0.05, 0.1) is 12.2 Å². The monoisotopic (exact) mass is 428 g/mol. The number of fused-ring (bicyclic) bond motifs is 1. The molecule has 1 heterocycles. The second kappa shape index (κ2) is 5.25. The lowest BCUT2D eigenvalue weighted by atomic mass is 10.00. The average molecular weight is 429 g/mol. The van der Waals surface area contributed by atoms with Gasteiger partial charge >= 0.3 is 0 Å². The first-order valence-corrected chi connectivity index (χ1v) is 7.78. The number of carbonyl (C=O) groups excluding carboxylic acids is 1. The Hall–Kier alpha value is -0.880. The summed E-state index contributed by atoms with van der Waals surface area (Å²) in [6.07, 6.45) is 0.881. The summed E-state index contributed by atoms with van der Waals surface area (Å²) >= 11 is 5.60. The van der Waals surface area contributed by atoms with Crippen molar-refractivity contribution >= 4 is 44.3 Å². The van der Waals surface area contributed by atoms with E-state index in [4.69, 9.17) is 4.74 Å². The molecule has 0 saturated heterocycles. The van der Waals surface area contributed by atoms with Gasteiger partial charge in [-0.05, 0) is 52.4 Å². The van der Waals surface area contributed by atoms with Crippen LogP contribution in [-0.4, -0.2) is 12.4 Å². The molecule has 0 bridgehead atoms. The first-order chi connectivity index (χ1) is 9.16. The lowest BCUT2D eigenvalue weighted by Gasteiger charge is -2.09. The Morgan fingerprint density at radius 1 is 1.21 bits per heavy atom. The standard InChI is InChI=1S/C15H10BrIO2/c16-10-4-5-13(17)12(8-10)14(18)11-3-1-2-9-6-7-19-15(9)11/h1-5,8H,6-7H2. The molecule has 2 nitrogen and oxygen atoms in total. The summed E-state index contributed by atoms with van der Waals surface area (Å²) in [5, 5.41) is 0. The molecular formula is C15H10BrIO2. The van der Waals surface area contributed by atoms with E-state index in [2.05, 4.69) is 38.5 Å². The van der Waals surface area contributed by atoms with Crippen LogP contribution in [-0.2, 0) is 6.42 Å².